The molecule has 0 bridgehead atoms. The molecule has 0 amide bonds. The van der Waals surface area contributed by atoms with Crippen LogP contribution in [0.2, 0.25) is 5.22 Å². The second-order valence-corrected chi connectivity index (χ2v) is 4.14. The van der Waals surface area contributed by atoms with Gasteiger partial charge in [-0.15, -0.1) is 0 Å². The van der Waals surface area contributed by atoms with Crippen LogP contribution in [0.15, 0.2) is 39.6 Å². The molecule has 0 fully saturated rings. The SMILES string of the molecule is Clc1oc2ccccc2c1CNCc1ncon1. The summed E-state index contributed by atoms with van der Waals surface area (Å²) in [5, 5.41) is 8.34. The van der Waals surface area contributed by atoms with Gasteiger partial charge in [0.25, 0.3) is 0 Å². The van der Waals surface area contributed by atoms with Crippen LogP contribution in [-0.4, -0.2) is 10.1 Å². The highest BCUT2D eigenvalue weighted by molar-refractivity contribution is 6.30. The van der Waals surface area contributed by atoms with Gasteiger partial charge in [0.05, 0.1) is 6.54 Å². The third-order valence-corrected chi connectivity index (χ3v) is 2.95. The first-order valence-electron chi connectivity index (χ1n) is 5.46. The van der Waals surface area contributed by atoms with Crippen molar-refractivity contribution in [3.8, 4) is 0 Å². The summed E-state index contributed by atoms with van der Waals surface area (Å²) < 4.78 is 10.1. The lowest BCUT2D eigenvalue weighted by molar-refractivity contribution is 0.407. The normalized spacial score (nSPS) is 11.2. The van der Waals surface area contributed by atoms with E-state index in [1.807, 2.05) is 24.3 Å². The molecule has 92 valence electrons. The summed E-state index contributed by atoms with van der Waals surface area (Å²) in [6.45, 7) is 1.11. The molecule has 6 heteroatoms. The second kappa shape index (κ2) is 4.80. The van der Waals surface area contributed by atoms with Crippen molar-refractivity contribution in [2.45, 2.75) is 13.1 Å². The highest BCUT2D eigenvalue weighted by atomic mass is 35.5. The molecule has 0 radical (unpaired) electrons. The molecule has 0 unspecified atom stereocenters. The van der Waals surface area contributed by atoms with E-state index in [1.54, 1.807) is 0 Å². The molecule has 0 atom stereocenters. The number of fused-ring (bicyclic) bond motifs is 1. The van der Waals surface area contributed by atoms with Gasteiger partial charge in [0.15, 0.2) is 11.0 Å². The van der Waals surface area contributed by atoms with Crippen LogP contribution in [-0.2, 0) is 13.1 Å². The van der Waals surface area contributed by atoms with Crippen LogP contribution < -0.4 is 5.32 Å². The van der Waals surface area contributed by atoms with Crippen molar-refractivity contribution in [3.05, 3.63) is 47.3 Å². The molecule has 2 heterocycles. The molecule has 0 saturated carbocycles. The van der Waals surface area contributed by atoms with Crippen molar-refractivity contribution < 1.29 is 8.94 Å². The lowest BCUT2D eigenvalue weighted by Crippen LogP contribution is -2.13. The molecule has 0 aliphatic rings. The van der Waals surface area contributed by atoms with Crippen molar-refractivity contribution in [1.29, 1.82) is 0 Å². The number of benzene rings is 1. The van der Waals surface area contributed by atoms with Gasteiger partial charge in [-0.05, 0) is 17.7 Å². The average molecular weight is 264 g/mol. The fourth-order valence-electron chi connectivity index (χ4n) is 1.80. The smallest absolute Gasteiger partial charge is 0.213 e. The lowest BCUT2D eigenvalue weighted by atomic mass is 10.2. The van der Waals surface area contributed by atoms with E-state index in [0.717, 1.165) is 16.5 Å². The molecule has 3 rings (SSSR count). The minimum absolute atomic E-state index is 0.414. The van der Waals surface area contributed by atoms with Gasteiger partial charge in [-0.2, -0.15) is 4.98 Å². The average Bonchev–Trinajstić information content (AvgIpc) is 2.98. The van der Waals surface area contributed by atoms with Crippen molar-refractivity contribution in [2.75, 3.05) is 0 Å². The van der Waals surface area contributed by atoms with Gasteiger partial charge < -0.3 is 14.3 Å². The summed E-state index contributed by atoms with van der Waals surface area (Å²) in [6.07, 6.45) is 1.30. The Balaban J connectivity index is 1.76. The topological polar surface area (TPSA) is 64.1 Å². The van der Waals surface area contributed by atoms with Gasteiger partial charge in [0, 0.05) is 17.5 Å². The van der Waals surface area contributed by atoms with Crippen LogP contribution in [0.1, 0.15) is 11.4 Å². The third kappa shape index (κ3) is 2.10. The third-order valence-electron chi connectivity index (χ3n) is 2.64. The molecule has 2 aromatic heterocycles. The Morgan fingerprint density at radius 1 is 1.22 bits per heavy atom. The minimum Gasteiger partial charge on any atom is -0.444 e. The quantitative estimate of drug-likeness (QED) is 0.784. The number of rotatable bonds is 4. The summed E-state index contributed by atoms with van der Waals surface area (Å²) >= 11 is 6.07. The summed E-state index contributed by atoms with van der Waals surface area (Å²) in [7, 11) is 0. The first-order valence-corrected chi connectivity index (χ1v) is 5.84. The van der Waals surface area contributed by atoms with E-state index in [4.69, 9.17) is 16.0 Å². The largest absolute Gasteiger partial charge is 0.444 e. The molecule has 0 aliphatic carbocycles. The fraction of sp³-hybridized carbons (Fsp3) is 0.167. The van der Waals surface area contributed by atoms with E-state index >= 15 is 0 Å². The van der Waals surface area contributed by atoms with Gasteiger partial charge in [-0.1, -0.05) is 23.4 Å². The molecule has 0 saturated heterocycles. The number of hydrogen-bond donors (Lipinski definition) is 1. The number of halogens is 1. The molecule has 0 spiro atoms. The van der Waals surface area contributed by atoms with E-state index in [-0.39, 0.29) is 0 Å². The van der Waals surface area contributed by atoms with E-state index in [0.29, 0.717) is 24.1 Å². The number of hydrogen-bond acceptors (Lipinski definition) is 5. The van der Waals surface area contributed by atoms with E-state index in [9.17, 15) is 0 Å². The lowest BCUT2D eigenvalue weighted by Gasteiger charge is -2.00. The summed E-state index contributed by atoms with van der Waals surface area (Å²) in [6, 6.07) is 7.75. The summed E-state index contributed by atoms with van der Waals surface area (Å²) in [4.78, 5) is 3.92. The highest BCUT2D eigenvalue weighted by Gasteiger charge is 2.11. The van der Waals surface area contributed by atoms with Crippen LogP contribution in [0.4, 0.5) is 0 Å². The molecule has 1 N–H and O–H groups in total. The van der Waals surface area contributed by atoms with Crippen LogP contribution in [0.5, 0.6) is 0 Å². The van der Waals surface area contributed by atoms with E-state index in [2.05, 4.69) is 20.0 Å². The van der Waals surface area contributed by atoms with Gasteiger partial charge in [-0.3, -0.25) is 0 Å². The van der Waals surface area contributed by atoms with Gasteiger partial charge in [0.2, 0.25) is 6.39 Å². The number of para-hydroxylation sites is 1. The second-order valence-electron chi connectivity index (χ2n) is 3.80. The first-order chi connectivity index (χ1) is 8.84. The Morgan fingerprint density at radius 2 is 2.11 bits per heavy atom. The van der Waals surface area contributed by atoms with Gasteiger partial charge >= 0.3 is 0 Å². The molecule has 5 nitrogen and oxygen atoms in total. The maximum atomic E-state index is 6.07. The van der Waals surface area contributed by atoms with Crippen LogP contribution in [0.25, 0.3) is 11.0 Å². The standard InChI is InChI=1S/C12H10ClN3O2/c13-12-9(5-14-6-11-15-7-17-16-11)8-3-1-2-4-10(8)18-12/h1-4,7,14H,5-6H2. The Kier molecular flexibility index (Phi) is 3.00. The van der Waals surface area contributed by atoms with Crippen LogP contribution >= 0.6 is 11.6 Å². The molecule has 1 aromatic carbocycles. The first kappa shape index (κ1) is 11.3. The molecule has 0 aliphatic heterocycles. The molecular formula is C12H10ClN3O2. The Labute approximate surface area is 108 Å². The zero-order chi connectivity index (χ0) is 12.4. The Hall–Kier alpha value is -1.85. The molecule has 3 aromatic rings. The predicted octanol–water partition coefficient (Wildman–Crippen LogP) is 2.76. The summed E-state index contributed by atoms with van der Waals surface area (Å²) in [5.41, 5.74) is 1.73. The predicted molar refractivity (Wildman–Crippen MR) is 66.1 cm³/mol. The maximum absolute atomic E-state index is 6.07. The van der Waals surface area contributed by atoms with Gasteiger partial charge in [-0.25, -0.2) is 0 Å². The monoisotopic (exact) mass is 263 g/mol. The zero-order valence-electron chi connectivity index (χ0n) is 9.39. The van der Waals surface area contributed by atoms with Gasteiger partial charge in [0.1, 0.15) is 5.58 Å². The van der Waals surface area contributed by atoms with Crippen molar-refractivity contribution in [3.63, 3.8) is 0 Å². The maximum Gasteiger partial charge on any atom is 0.213 e. The Bertz CT molecular complexity index is 648. The number of nitrogens with zero attached hydrogens (tertiary/aromatic N) is 2. The van der Waals surface area contributed by atoms with Crippen LogP contribution in [0, 0.1) is 0 Å². The fourth-order valence-corrected chi connectivity index (χ4v) is 2.06. The van der Waals surface area contributed by atoms with E-state index < -0.39 is 0 Å². The van der Waals surface area contributed by atoms with Crippen molar-refractivity contribution >= 4 is 22.6 Å². The van der Waals surface area contributed by atoms with Crippen molar-refractivity contribution in [2.24, 2.45) is 0 Å². The number of aromatic nitrogens is 2. The molecular weight excluding hydrogens is 254 g/mol. The van der Waals surface area contributed by atoms with E-state index in [1.165, 1.54) is 6.39 Å². The molecule has 18 heavy (non-hydrogen) atoms. The number of furan rings is 1. The highest BCUT2D eigenvalue weighted by Crippen LogP contribution is 2.29. The minimum atomic E-state index is 0.414. The Morgan fingerprint density at radius 3 is 2.94 bits per heavy atom. The van der Waals surface area contributed by atoms with Crippen molar-refractivity contribution in [1.82, 2.24) is 15.5 Å². The summed E-state index contributed by atoms with van der Waals surface area (Å²) in [5.74, 6) is 0.610. The number of nitrogens with one attached hydrogen (secondary N) is 1. The zero-order valence-corrected chi connectivity index (χ0v) is 10.1. The van der Waals surface area contributed by atoms with Crippen LogP contribution in [0.3, 0.4) is 0 Å².